The van der Waals surface area contributed by atoms with E-state index in [0.29, 0.717) is 0 Å². The molecule has 0 amide bonds. The zero-order chi connectivity index (χ0) is 9.90. The Labute approximate surface area is 86.7 Å². The fraction of sp³-hybridized carbons (Fsp3) is 0.400. The molecule has 0 fully saturated rings. The summed E-state index contributed by atoms with van der Waals surface area (Å²) in [4.78, 5) is 0. The lowest BCUT2D eigenvalue weighted by atomic mass is 9.97. The fourth-order valence-electron chi connectivity index (χ4n) is 1.26. The van der Waals surface area contributed by atoms with Crippen molar-refractivity contribution in [3.05, 3.63) is 34.3 Å². The molecular weight excluding hydrogens is 232 g/mol. The number of halogens is 1. The Morgan fingerprint density at radius 3 is 2.62 bits per heavy atom. The molecule has 0 aliphatic carbocycles. The van der Waals surface area contributed by atoms with Gasteiger partial charge in [-0.2, -0.15) is 0 Å². The maximum Gasteiger partial charge on any atom is 0.111 e. The molecule has 0 bridgehead atoms. The van der Waals surface area contributed by atoms with Gasteiger partial charge in [0.15, 0.2) is 0 Å². The number of methoxy groups -OCH3 is 1. The van der Waals surface area contributed by atoms with Crippen molar-refractivity contribution in [3.63, 3.8) is 0 Å². The van der Waals surface area contributed by atoms with Gasteiger partial charge in [0, 0.05) is 11.6 Å². The topological polar surface area (TPSA) is 29.5 Å². The second-order valence-electron chi connectivity index (χ2n) is 3.19. The fourth-order valence-corrected chi connectivity index (χ4v) is 1.97. The Kier molecular flexibility index (Phi) is 3.47. The number of aliphatic hydroxyl groups is 1. The molecule has 0 saturated carbocycles. The summed E-state index contributed by atoms with van der Waals surface area (Å²) in [6, 6.07) is 7.59. The molecule has 0 spiro atoms. The summed E-state index contributed by atoms with van der Waals surface area (Å²) < 4.78 is 5.85. The maximum absolute atomic E-state index is 10.0. The molecule has 3 heteroatoms. The van der Waals surface area contributed by atoms with Crippen molar-refractivity contribution in [2.24, 2.45) is 0 Å². The van der Waals surface area contributed by atoms with Crippen LogP contribution in [0.4, 0.5) is 0 Å². The number of hydrogen-bond acceptors (Lipinski definition) is 2. The molecule has 1 atom stereocenters. The number of ether oxygens (including phenoxy) is 1. The second-order valence-corrected chi connectivity index (χ2v) is 4.04. The van der Waals surface area contributed by atoms with E-state index in [9.17, 15) is 5.11 Å². The van der Waals surface area contributed by atoms with E-state index >= 15 is 0 Å². The molecule has 0 aliphatic heterocycles. The molecule has 1 N–H and O–H groups in total. The molecule has 1 unspecified atom stereocenters. The minimum absolute atomic E-state index is 0.287. The predicted octanol–water partition coefficient (Wildman–Crippen LogP) is 2.30. The average Bonchev–Trinajstić information content (AvgIpc) is 2.04. The van der Waals surface area contributed by atoms with E-state index < -0.39 is 5.60 Å². The summed E-state index contributed by atoms with van der Waals surface area (Å²) in [6.45, 7) is 2.02. The Hall–Kier alpha value is -0.380. The third-order valence-electron chi connectivity index (χ3n) is 1.88. The average molecular weight is 245 g/mol. The lowest BCUT2D eigenvalue weighted by Gasteiger charge is -2.23. The summed E-state index contributed by atoms with van der Waals surface area (Å²) in [6.07, 6.45) is 0. The number of benzene rings is 1. The third kappa shape index (κ3) is 2.53. The van der Waals surface area contributed by atoms with Crippen molar-refractivity contribution in [2.75, 3.05) is 13.7 Å². The van der Waals surface area contributed by atoms with Gasteiger partial charge >= 0.3 is 0 Å². The van der Waals surface area contributed by atoms with Gasteiger partial charge in [-0.3, -0.25) is 0 Å². The van der Waals surface area contributed by atoms with Crippen molar-refractivity contribution in [1.29, 1.82) is 0 Å². The summed E-state index contributed by atoms with van der Waals surface area (Å²) in [5, 5.41) is 10.0. The zero-order valence-electron chi connectivity index (χ0n) is 7.75. The van der Waals surface area contributed by atoms with Crippen molar-refractivity contribution >= 4 is 15.9 Å². The van der Waals surface area contributed by atoms with Crippen LogP contribution in [0.25, 0.3) is 0 Å². The Balaban J connectivity index is 2.99. The third-order valence-corrected chi connectivity index (χ3v) is 2.57. The first-order chi connectivity index (χ1) is 6.08. The molecule has 72 valence electrons. The summed E-state index contributed by atoms with van der Waals surface area (Å²) in [5.74, 6) is 0. The highest BCUT2D eigenvalue weighted by Gasteiger charge is 2.24. The Bertz CT molecular complexity index is 284. The van der Waals surface area contributed by atoms with Crippen molar-refractivity contribution in [2.45, 2.75) is 12.5 Å². The first kappa shape index (κ1) is 10.7. The first-order valence-corrected chi connectivity index (χ1v) is 4.83. The molecule has 0 aromatic heterocycles. The van der Waals surface area contributed by atoms with Crippen LogP contribution in [0.5, 0.6) is 0 Å². The highest BCUT2D eigenvalue weighted by Crippen LogP contribution is 2.27. The standard InChI is InChI=1S/C10H13BrO2/c1-10(12,7-13-2)8-5-3-4-6-9(8)11/h3-6,12H,7H2,1-2H3. The van der Waals surface area contributed by atoms with E-state index in [4.69, 9.17) is 4.74 Å². The van der Waals surface area contributed by atoms with E-state index in [1.807, 2.05) is 24.3 Å². The van der Waals surface area contributed by atoms with Gasteiger partial charge in [-0.1, -0.05) is 34.1 Å². The monoisotopic (exact) mass is 244 g/mol. The van der Waals surface area contributed by atoms with Gasteiger partial charge in [0.1, 0.15) is 5.60 Å². The van der Waals surface area contributed by atoms with Crippen molar-refractivity contribution in [3.8, 4) is 0 Å². The van der Waals surface area contributed by atoms with Crippen LogP contribution in [0, 0.1) is 0 Å². The van der Waals surface area contributed by atoms with Gasteiger partial charge in [0.05, 0.1) is 6.61 Å². The Morgan fingerprint density at radius 2 is 2.08 bits per heavy atom. The van der Waals surface area contributed by atoms with Crippen molar-refractivity contribution in [1.82, 2.24) is 0 Å². The van der Waals surface area contributed by atoms with E-state index in [0.717, 1.165) is 10.0 Å². The van der Waals surface area contributed by atoms with E-state index in [-0.39, 0.29) is 6.61 Å². The molecule has 0 radical (unpaired) electrons. The van der Waals surface area contributed by atoms with E-state index in [2.05, 4.69) is 15.9 Å². The van der Waals surface area contributed by atoms with Crippen LogP contribution in [-0.2, 0) is 10.3 Å². The first-order valence-electron chi connectivity index (χ1n) is 4.04. The SMILES string of the molecule is COCC(C)(O)c1ccccc1Br. The summed E-state index contributed by atoms with van der Waals surface area (Å²) in [7, 11) is 1.57. The van der Waals surface area contributed by atoms with Gasteiger partial charge in [0.2, 0.25) is 0 Å². The van der Waals surface area contributed by atoms with Crippen LogP contribution < -0.4 is 0 Å². The van der Waals surface area contributed by atoms with E-state index in [1.54, 1.807) is 14.0 Å². The quantitative estimate of drug-likeness (QED) is 0.885. The smallest absolute Gasteiger partial charge is 0.111 e. The molecule has 1 aromatic carbocycles. The minimum atomic E-state index is -0.936. The second kappa shape index (κ2) is 4.22. The van der Waals surface area contributed by atoms with Crippen LogP contribution in [0.1, 0.15) is 12.5 Å². The summed E-state index contributed by atoms with van der Waals surface area (Å²) in [5.41, 5.74) is -0.0914. The molecule has 0 aliphatic rings. The molecule has 13 heavy (non-hydrogen) atoms. The molecule has 1 aromatic rings. The van der Waals surface area contributed by atoms with Crippen LogP contribution in [0.15, 0.2) is 28.7 Å². The number of hydrogen-bond donors (Lipinski definition) is 1. The van der Waals surface area contributed by atoms with Gasteiger partial charge in [0.25, 0.3) is 0 Å². The molecule has 2 nitrogen and oxygen atoms in total. The minimum Gasteiger partial charge on any atom is -0.383 e. The predicted molar refractivity (Wildman–Crippen MR) is 55.6 cm³/mol. The number of rotatable bonds is 3. The van der Waals surface area contributed by atoms with Gasteiger partial charge in [-0.25, -0.2) is 0 Å². The molecule has 0 heterocycles. The van der Waals surface area contributed by atoms with Crippen LogP contribution >= 0.6 is 15.9 Å². The molecule has 0 saturated heterocycles. The summed E-state index contributed by atoms with van der Waals surface area (Å²) >= 11 is 3.39. The van der Waals surface area contributed by atoms with E-state index in [1.165, 1.54) is 0 Å². The van der Waals surface area contributed by atoms with Crippen LogP contribution in [0.2, 0.25) is 0 Å². The largest absolute Gasteiger partial charge is 0.383 e. The van der Waals surface area contributed by atoms with Crippen LogP contribution in [-0.4, -0.2) is 18.8 Å². The molecular formula is C10H13BrO2. The molecule has 1 rings (SSSR count). The lowest BCUT2D eigenvalue weighted by molar-refractivity contribution is -0.0213. The highest BCUT2D eigenvalue weighted by molar-refractivity contribution is 9.10. The van der Waals surface area contributed by atoms with Gasteiger partial charge in [-0.05, 0) is 18.6 Å². The van der Waals surface area contributed by atoms with Gasteiger partial charge in [-0.15, -0.1) is 0 Å². The lowest BCUT2D eigenvalue weighted by Crippen LogP contribution is -2.27. The normalized spacial score (nSPS) is 15.4. The highest BCUT2D eigenvalue weighted by atomic mass is 79.9. The zero-order valence-corrected chi connectivity index (χ0v) is 9.34. The Morgan fingerprint density at radius 1 is 1.46 bits per heavy atom. The maximum atomic E-state index is 10.0. The van der Waals surface area contributed by atoms with Crippen molar-refractivity contribution < 1.29 is 9.84 Å². The van der Waals surface area contributed by atoms with Crippen LogP contribution in [0.3, 0.4) is 0 Å². The van der Waals surface area contributed by atoms with Gasteiger partial charge < -0.3 is 9.84 Å².